The molecule has 0 saturated carbocycles. The zero-order valence-corrected chi connectivity index (χ0v) is 6.89. The number of hydrogen-bond donors (Lipinski definition) is 5. The Kier molecular flexibility index (Phi) is 9.78. The van der Waals surface area contributed by atoms with E-state index >= 15 is 0 Å². The molecule has 12 heavy (non-hydrogen) atoms. The molecule has 74 valence electrons. The second kappa shape index (κ2) is 6.80. The van der Waals surface area contributed by atoms with Gasteiger partial charge < -0.3 is 39.0 Å². The first-order valence-corrected chi connectivity index (χ1v) is 2.28. The summed E-state index contributed by atoms with van der Waals surface area (Å²) in [6, 6.07) is 0. The fourth-order valence-electron chi connectivity index (χ4n) is 0.270. The first-order valence-electron chi connectivity index (χ1n) is 2.28. The number of carbonyl (C=O) groups is 2. The van der Waals surface area contributed by atoms with Crippen molar-refractivity contribution in [3.05, 3.63) is 0 Å². The molecule has 0 aliphatic rings. The predicted octanol–water partition coefficient (Wildman–Crippen LogP) is -4.74. The van der Waals surface area contributed by atoms with Gasteiger partial charge in [-0.1, -0.05) is 0 Å². The highest BCUT2D eigenvalue weighted by Gasteiger charge is 2.29. The van der Waals surface area contributed by atoms with Crippen LogP contribution in [0.2, 0.25) is 0 Å². The van der Waals surface area contributed by atoms with Crippen LogP contribution in [0.5, 0.6) is 0 Å². The van der Waals surface area contributed by atoms with E-state index in [2.05, 4.69) is 0 Å². The maximum absolute atomic E-state index is 9.77. The van der Waals surface area contributed by atoms with E-state index in [0.717, 1.165) is 0 Å². The monoisotopic (exact) mass is 203 g/mol. The van der Waals surface area contributed by atoms with Crippen LogP contribution in [0.25, 0.3) is 0 Å². The number of rotatable bonds is 3. The van der Waals surface area contributed by atoms with Crippen molar-refractivity contribution in [2.24, 2.45) is 0 Å². The molecule has 0 radical (unpaired) electrons. The summed E-state index contributed by atoms with van der Waals surface area (Å²) >= 11 is 0. The Balaban J connectivity index is -0.000000405. The number of carboxylic acids is 2. The average Bonchev–Trinajstić information content (AvgIpc) is 1.84. The lowest BCUT2D eigenvalue weighted by Gasteiger charge is -2.07. The van der Waals surface area contributed by atoms with Gasteiger partial charge in [-0.25, -0.2) is 9.59 Å². The van der Waals surface area contributed by atoms with Gasteiger partial charge in [0.15, 0.2) is 12.2 Å². The van der Waals surface area contributed by atoms with Gasteiger partial charge in [-0.15, -0.1) is 0 Å². The third-order valence-corrected chi connectivity index (χ3v) is 0.805. The summed E-state index contributed by atoms with van der Waals surface area (Å²) in [4.78, 5) is 19.5. The van der Waals surface area contributed by atoms with Gasteiger partial charge in [0.05, 0.1) is 0 Å². The number of aliphatic carboxylic acids is 2. The third kappa shape index (κ3) is 4.85. The molecule has 7 nitrogen and oxygen atoms in total. The quantitative estimate of drug-likeness (QED) is 0.311. The molecule has 0 amide bonds. The molecule has 0 aromatic rings. The van der Waals surface area contributed by atoms with E-state index in [1.54, 1.807) is 0 Å². The van der Waals surface area contributed by atoms with Gasteiger partial charge in [-0.3, -0.25) is 0 Å². The smallest absolute Gasteiger partial charge is 0.335 e. The van der Waals surface area contributed by atoms with Gasteiger partial charge in [-0.2, -0.15) is 0 Å². The maximum Gasteiger partial charge on any atom is 0.335 e. The Labute approximate surface area is 73.6 Å². The predicted molar refractivity (Wildman–Crippen MR) is 33.3 cm³/mol. The zero-order valence-electron chi connectivity index (χ0n) is 6.14. The third-order valence-electron chi connectivity index (χ3n) is 0.805. The van der Waals surface area contributed by atoms with E-state index in [1.165, 1.54) is 0 Å². The number of carboxylic acid groups (broad SMARTS) is 2. The topological polar surface area (TPSA) is 152 Å². The molecular formula is C4H10ClNO6. The molecule has 0 aromatic heterocycles. The van der Waals surface area contributed by atoms with Gasteiger partial charge in [-0.05, 0) is 0 Å². The van der Waals surface area contributed by atoms with Crippen molar-refractivity contribution >= 4 is 11.9 Å². The molecule has 0 aliphatic heterocycles. The van der Waals surface area contributed by atoms with E-state index in [-0.39, 0.29) is 18.6 Å². The van der Waals surface area contributed by atoms with Crippen LogP contribution in [0.4, 0.5) is 0 Å². The summed E-state index contributed by atoms with van der Waals surface area (Å²) in [6.07, 6.45) is -4.53. The lowest BCUT2D eigenvalue weighted by molar-refractivity contribution is -0.165. The Bertz CT molecular complexity index is 144. The molecular weight excluding hydrogens is 193 g/mol. The first kappa shape index (κ1) is 17.3. The molecule has 0 bridgehead atoms. The van der Waals surface area contributed by atoms with Crippen LogP contribution in [-0.2, 0) is 9.59 Å². The Hall–Kier alpha value is -0.890. The van der Waals surface area contributed by atoms with E-state index in [0.29, 0.717) is 0 Å². The van der Waals surface area contributed by atoms with Crippen LogP contribution in [0, 0.1) is 0 Å². The molecule has 0 fully saturated rings. The van der Waals surface area contributed by atoms with Crippen molar-refractivity contribution in [3.63, 3.8) is 0 Å². The number of aliphatic hydroxyl groups excluding tert-OH is 2. The summed E-state index contributed by atoms with van der Waals surface area (Å²) < 4.78 is 0. The molecule has 2 atom stereocenters. The Morgan fingerprint density at radius 3 is 1.17 bits per heavy atom. The minimum atomic E-state index is -2.27. The van der Waals surface area contributed by atoms with Gasteiger partial charge in [0.2, 0.25) is 0 Å². The first-order chi connectivity index (χ1) is 4.46. The Morgan fingerprint density at radius 1 is 0.917 bits per heavy atom. The molecule has 0 rings (SSSR count). The van der Waals surface area contributed by atoms with Crippen molar-refractivity contribution in [1.82, 2.24) is 6.15 Å². The number of aliphatic hydroxyl groups is 2. The standard InChI is InChI=1S/C4H6O6.ClH.H3N/c5-1(3(7)8)2(6)4(9)10;;/h1-2,5-6H,(H,7,8)(H,9,10);1H;1H3. The summed E-state index contributed by atoms with van der Waals surface area (Å²) in [5.41, 5.74) is 0. The summed E-state index contributed by atoms with van der Waals surface area (Å²) in [5.74, 6) is -3.54. The fourth-order valence-corrected chi connectivity index (χ4v) is 0.270. The van der Waals surface area contributed by atoms with Crippen LogP contribution in [0.3, 0.4) is 0 Å². The van der Waals surface area contributed by atoms with Crippen LogP contribution in [-0.4, -0.2) is 44.6 Å². The number of hydrogen-bond acceptors (Lipinski definition) is 4. The lowest BCUT2D eigenvalue weighted by Crippen LogP contribution is -3.00. The van der Waals surface area contributed by atoms with Gasteiger partial charge in [0.25, 0.3) is 0 Å². The van der Waals surface area contributed by atoms with Crippen molar-refractivity contribution in [1.29, 1.82) is 0 Å². The summed E-state index contributed by atoms with van der Waals surface area (Å²) in [6.45, 7) is 0. The number of quaternary nitrogens is 1. The lowest BCUT2D eigenvalue weighted by atomic mass is 10.2. The molecule has 0 heterocycles. The van der Waals surface area contributed by atoms with Crippen molar-refractivity contribution in [3.8, 4) is 0 Å². The van der Waals surface area contributed by atoms with Crippen LogP contribution >= 0.6 is 0 Å². The second-order valence-corrected chi connectivity index (χ2v) is 1.57. The minimum absolute atomic E-state index is 0. The van der Waals surface area contributed by atoms with E-state index in [1.807, 2.05) is 0 Å². The second-order valence-electron chi connectivity index (χ2n) is 1.57. The maximum atomic E-state index is 9.77. The van der Waals surface area contributed by atoms with Gasteiger partial charge in [0.1, 0.15) is 0 Å². The number of halogens is 1. The average molecular weight is 204 g/mol. The van der Waals surface area contributed by atoms with Crippen LogP contribution in [0.1, 0.15) is 0 Å². The molecule has 8 heteroatoms. The fraction of sp³-hybridized carbons (Fsp3) is 0.500. The molecule has 8 N–H and O–H groups in total. The molecule has 2 unspecified atom stereocenters. The van der Waals surface area contributed by atoms with Crippen molar-refractivity contribution in [2.45, 2.75) is 12.2 Å². The summed E-state index contributed by atoms with van der Waals surface area (Å²) in [7, 11) is 0. The zero-order chi connectivity index (χ0) is 8.31. The molecule has 0 aliphatic carbocycles. The highest BCUT2D eigenvalue weighted by Crippen LogP contribution is 1.92. The van der Waals surface area contributed by atoms with E-state index in [4.69, 9.17) is 20.4 Å². The minimum Gasteiger partial charge on any atom is -1.00 e. The normalized spacial score (nSPS) is 13.2. The molecule has 0 spiro atoms. The Morgan fingerprint density at radius 2 is 1.08 bits per heavy atom. The highest BCUT2D eigenvalue weighted by molar-refractivity contribution is 5.82. The summed E-state index contributed by atoms with van der Waals surface area (Å²) in [5, 5.41) is 32.5. The van der Waals surface area contributed by atoms with Gasteiger partial charge >= 0.3 is 11.9 Å². The molecule has 0 saturated heterocycles. The van der Waals surface area contributed by atoms with E-state index in [9.17, 15) is 9.59 Å². The van der Waals surface area contributed by atoms with E-state index < -0.39 is 24.1 Å². The van der Waals surface area contributed by atoms with Gasteiger partial charge in [0, 0.05) is 0 Å². The van der Waals surface area contributed by atoms with Crippen LogP contribution < -0.4 is 18.6 Å². The van der Waals surface area contributed by atoms with Crippen molar-refractivity contribution in [2.75, 3.05) is 0 Å². The van der Waals surface area contributed by atoms with Crippen LogP contribution in [0.15, 0.2) is 0 Å². The van der Waals surface area contributed by atoms with Crippen molar-refractivity contribution < 1.29 is 42.4 Å². The molecule has 0 aromatic carbocycles. The highest BCUT2D eigenvalue weighted by atomic mass is 35.5. The SMILES string of the molecule is O=C(O)C(O)C(O)C(=O)O.[Cl-].[NH4+]. The largest absolute Gasteiger partial charge is 1.00 e.